The largest absolute Gasteiger partial charge is 0.358 e. The summed E-state index contributed by atoms with van der Waals surface area (Å²) < 4.78 is 1.91. The maximum Gasteiger partial charge on any atom is 0.243 e. The summed E-state index contributed by atoms with van der Waals surface area (Å²) in [6, 6.07) is 14.7. The summed E-state index contributed by atoms with van der Waals surface area (Å²) >= 11 is 0. The first kappa shape index (κ1) is 24.0. The minimum absolute atomic E-state index is 0.0528. The van der Waals surface area contributed by atoms with E-state index in [1.54, 1.807) is 18.2 Å². The number of anilines is 2. The molecule has 0 aliphatic heterocycles. The standard InChI is InChI=1S/C27H31N7O/c1-2-14-29-27-32-23(17-24(33-27)34-15-6-7-16-34)31-25(22-8-4-3-5-9-22)26(35)30-19-21-12-10-20(18-28)11-13-21/h2,6-7,10-13,15-17,22,25H,1,3-5,8-9,14,19H2,(H,30,35)(H2,29,31,32,33)/t25-/m1/s1. The molecule has 180 valence electrons. The van der Waals surface area contributed by atoms with Crippen molar-refractivity contribution in [3.8, 4) is 11.9 Å². The smallest absolute Gasteiger partial charge is 0.243 e. The summed E-state index contributed by atoms with van der Waals surface area (Å²) in [5.41, 5.74) is 1.55. The fourth-order valence-corrected chi connectivity index (χ4v) is 4.39. The Labute approximate surface area is 206 Å². The summed E-state index contributed by atoms with van der Waals surface area (Å²) in [4.78, 5) is 22.6. The van der Waals surface area contributed by atoms with Crippen molar-refractivity contribution in [1.82, 2.24) is 19.9 Å². The molecule has 0 saturated heterocycles. The van der Waals surface area contributed by atoms with E-state index >= 15 is 0 Å². The van der Waals surface area contributed by atoms with E-state index in [9.17, 15) is 4.79 Å². The summed E-state index contributed by atoms with van der Waals surface area (Å²) in [5, 5.41) is 18.7. The zero-order valence-electron chi connectivity index (χ0n) is 19.8. The number of benzene rings is 1. The van der Waals surface area contributed by atoms with E-state index in [1.807, 2.05) is 47.3 Å². The van der Waals surface area contributed by atoms with Gasteiger partial charge in [0, 0.05) is 31.5 Å². The molecule has 0 spiro atoms. The highest BCUT2D eigenvalue weighted by molar-refractivity contribution is 5.84. The van der Waals surface area contributed by atoms with E-state index < -0.39 is 6.04 Å². The third-order valence-corrected chi connectivity index (χ3v) is 6.24. The van der Waals surface area contributed by atoms with Crippen LogP contribution in [0.5, 0.6) is 0 Å². The van der Waals surface area contributed by atoms with E-state index in [0.717, 1.165) is 31.2 Å². The van der Waals surface area contributed by atoms with Gasteiger partial charge in [0.25, 0.3) is 0 Å². The summed E-state index contributed by atoms with van der Waals surface area (Å²) in [7, 11) is 0. The number of rotatable bonds is 10. The molecule has 1 fully saturated rings. The molecule has 0 unspecified atom stereocenters. The SMILES string of the molecule is C=CCNc1nc(N[C@@H](C(=O)NCc2ccc(C#N)cc2)C2CCCCC2)cc(-n2cccc2)n1. The van der Waals surface area contributed by atoms with E-state index in [2.05, 4.69) is 38.6 Å². The second-order valence-corrected chi connectivity index (χ2v) is 8.74. The molecule has 0 radical (unpaired) electrons. The molecule has 4 rings (SSSR count). The quantitative estimate of drug-likeness (QED) is 0.380. The number of aromatic nitrogens is 3. The van der Waals surface area contributed by atoms with Gasteiger partial charge in [-0.25, -0.2) is 0 Å². The number of carbonyl (C=O) groups is 1. The second kappa shape index (κ2) is 11.8. The Morgan fingerprint density at radius 3 is 2.60 bits per heavy atom. The molecule has 8 heteroatoms. The monoisotopic (exact) mass is 469 g/mol. The molecule has 8 nitrogen and oxygen atoms in total. The van der Waals surface area contributed by atoms with Crippen molar-refractivity contribution >= 4 is 17.7 Å². The lowest BCUT2D eigenvalue weighted by molar-refractivity contribution is -0.123. The Morgan fingerprint density at radius 1 is 1.17 bits per heavy atom. The van der Waals surface area contributed by atoms with Crippen molar-refractivity contribution in [2.45, 2.75) is 44.7 Å². The van der Waals surface area contributed by atoms with Crippen LogP contribution in [0.2, 0.25) is 0 Å². The van der Waals surface area contributed by atoms with Crippen molar-refractivity contribution < 1.29 is 4.79 Å². The van der Waals surface area contributed by atoms with Crippen LogP contribution in [-0.2, 0) is 11.3 Å². The minimum Gasteiger partial charge on any atom is -0.358 e. The van der Waals surface area contributed by atoms with Gasteiger partial charge in [0.05, 0.1) is 11.6 Å². The van der Waals surface area contributed by atoms with Crippen LogP contribution in [0.15, 0.2) is 67.5 Å². The van der Waals surface area contributed by atoms with Gasteiger partial charge in [-0.1, -0.05) is 37.5 Å². The van der Waals surface area contributed by atoms with Crippen LogP contribution in [0.3, 0.4) is 0 Å². The van der Waals surface area contributed by atoms with Crippen LogP contribution in [0, 0.1) is 17.2 Å². The van der Waals surface area contributed by atoms with Crippen LogP contribution >= 0.6 is 0 Å². The number of nitrogens with zero attached hydrogens (tertiary/aromatic N) is 4. The highest BCUT2D eigenvalue weighted by atomic mass is 16.2. The Kier molecular flexibility index (Phi) is 8.12. The average Bonchev–Trinajstić information content (AvgIpc) is 3.45. The highest BCUT2D eigenvalue weighted by Crippen LogP contribution is 2.29. The zero-order valence-corrected chi connectivity index (χ0v) is 19.8. The number of hydrogen-bond acceptors (Lipinski definition) is 6. The van der Waals surface area contributed by atoms with Gasteiger partial charge in [-0.2, -0.15) is 15.2 Å². The average molecular weight is 470 g/mol. The van der Waals surface area contributed by atoms with Gasteiger partial charge >= 0.3 is 0 Å². The van der Waals surface area contributed by atoms with Gasteiger partial charge in [-0.15, -0.1) is 6.58 Å². The Balaban J connectivity index is 1.55. The summed E-state index contributed by atoms with van der Waals surface area (Å²) in [5.74, 6) is 1.94. The third-order valence-electron chi connectivity index (χ3n) is 6.24. The molecule has 1 aromatic carbocycles. The van der Waals surface area contributed by atoms with Gasteiger partial charge in [-0.05, 0) is 48.6 Å². The second-order valence-electron chi connectivity index (χ2n) is 8.74. The van der Waals surface area contributed by atoms with Crippen LogP contribution < -0.4 is 16.0 Å². The lowest BCUT2D eigenvalue weighted by Crippen LogP contribution is -2.45. The molecule has 1 amide bonds. The van der Waals surface area contributed by atoms with Crippen molar-refractivity contribution in [2.24, 2.45) is 5.92 Å². The Bertz CT molecular complexity index is 1160. The van der Waals surface area contributed by atoms with Crippen molar-refractivity contribution in [1.29, 1.82) is 5.26 Å². The fraction of sp³-hybridized carbons (Fsp3) is 0.333. The lowest BCUT2D eigenvalue weighted by Gasteiger charge is -2.30. The summed E-state index contributed by atoms with van der Waals surface area (Å²) in [6.07, 6.45) is 11.0. The summed E-state index contributed by atoms with van der Waals surface area (Å²) in [6.45, 7) is 4.69. The highest BCUT2D eigenvalue weighted by Gasteiger charge is 2.30. The van der Waals surface area contributed by atoms with E-state index in [1.165, 1.54) is 6.42 Å². The molecule has 0 bridgehead atoms. The van der Waals surface area contributed by atoms with Gasteiger partial charge < -0.3 is 20.5 Å². The normalized spacial score (nSPS) is 14.5. The van der Waals surface area contributed by atoms with E-state index in [0.29, 0.717) is 36.2 Å². The van der Waals surface area contributed by atoms with E-state index in [4.69, 9.17) is 5.26 Å². The Morgan fingerprint density at radius 2 is 1.91 bits per heavy atom. The molecular weight excluding hydrogens is 438 g/mol. The fourth-order valence-electron chi connectivity index (χ4n) is 4.39. The number of nitrogens with one attached hydrogen (secondary N) is 3. The molecule has 1 atom stereocenters. The molecular formula is C27H31N7O. The van der Waals surface area contributed by atoms with E-state index in [-0.39, 0.29) is 11.8 Å². The predicted molar refractivity (Wildman–Crippen MR) is 137 cm³/mol. The van der Waals surface area contributed by atoms with Crippen LogP contribution in [0.1, 0.15) is 43.2 Å². The number of hydrogen-bond donors (Lipinski definition) is 3. The van der Waals surface area contributed by atoms with Gasteiger partial charge in [0.2, 0.25) is 11.9 Å². The topological polar surface area (TPSA) is 108 Å². The molecule has 3 aromatic rings. The minimum atomic E-state index is -0.409. The molecule has 2 heterocycles. The van der Waals surface area contributed by atoms with Gasteiger partial charge in [-0.3, -0.25) is 4.79 Å². The number of carbonyl (C=O) groups excluding carboxylic acids is 1. The molecule has 1 saturated carbocycles. The molecule has 1 aliphatic carbocycles. The van der Waals surface area contributed by atoms with Crippen LogP contribution in [0.4, 0.5) is 11.8 Å². The first-order valence-electron chi connectivity index (χ1n) is 12.1. The first-order chi connectivity index (χ1) is 17.2. The number of amides is 1. The van der Waals surface area contributed by atoms with Crippen LogP contribution in [0.25, 0.3) is 5.82 Å². The van der Waals surface area contributed by atoms with Gasteiger partial charge in [0.1, 0.15) is 17.7 Å². The van der Waals surface area contributed by atoms with Gasteiger partial charge in [0.15, 0.2) is 0 Å². The van der Waals surface area contributed by atoms with Crippen molar-refractivity contribution in [3.63, 3.8) is 0 Å². The van der Waals surface area contributed by atoms with Crippen molar-refractivity contribution in [2.75, 3.05) is 17.2 Å². The predicted octanol–water partition coefficient (Wildman–Crippen LogP) is 4.41. The first-order valence-corrected chi connectivity index (χ1v) is 12.1. The molecule has 1 aliphatic rings. The zero-order chi connectivity index (χ0) is 24.5. The third kappa shape index (κ3) is 6.48. The van der Waals surface area contributed by atoms with Crippen LogP contribution in [-0.4, -0.2) is 33.0 Å². The molecule has 2 aromatic heterocycles. The van der Waals surface area contributed by atoms with Crippen molar-refractivity contribution in [3.05, 3.63) is 78.6 Å². The molecule has 3 N–H and O–H groups in total. The maximum atomic E-state index is 13.4. The lowest BCUT2D eigenvalue weighted by atomic mass is 9.83. The Hall–Kier alpha value is -4.12. The number of nitriles is 1. The maximum absolute atomic E-state index is 13.4. The molecule has 35 heavy (non-hydrogen) atoms.